The van der Waals surface area contributed by atoms with Gasteiger partial charge in [0, 0.05) is 6.08 Å². The monoisotopic (exact) mass is 344 g/mol. The molecule has 0 radical (unpaired) electrons. The third kappa shape index (κ3) is 5.95. The van der Waals surface area contributed by atoms with E-state index in [0.29, 0.717) is 17.1 Å². The van der Waals surface area contributed by atoms with E-state index in [0.717, 1.165) is 6.08 Å². The SMILES string of the molecule is O=C(O)/C=C/[C@H](Oc1ccccc1)[C@@H](O)c1cccc(OCCO)c1. The fourth-order valence-corrected chi connectivity index (χ4v) is 2.18. The number of para-hydroxylation sites is 1. The summed E-state index contributed by atoms with van der Waals surface area (Å²) < 4.78 is 11.0. The third-order valence-corrected chi connectivity index (χ3v) is 3.31. The van der Waals surface area contributed by atoms with Crippen molar-refractivity contribution in [3.05, 3.63) is 72.3 Å². The van der Waals surface area contributed by atoms with E-state index in [1.54, 1.807) is 48.5 Å². The molecule has 3 N–H and O–H groups in total. The van der Waals surface area contributed by atoms with Gasteiger partial charge in [-0.1, -0.05) is 30.3 Å². The Kier molecular flexibility index (Phi) is 7.00. The molecule has 0 bridgehead atoms. The van der Waals surface area contributed by atoms with E-state index in [2.05, 4.69) is 0 Å². The molecule has 0 spiro atoms. The number of benzene rings is 2. The maximum atomic E-state index is 10.8. The van der Waals surface area contributed by atoms with Gasteiger partial charge in [0.05, 0.1) is 6.61 Å². The largest absolute Gasteiger partial charge is 0.491 e. The van der Waals surface area contributed by atoms with Gasteiger partial charge in [0.15, 0.2) is 0 Å². The second-order valence-corrected chi connectivity index (χ2v) is 5.18. The molecule has 25 heavy (non-hydrogen) atoms. The fraction of sp³-hybridized carbons (Fsp3) is 0.211. The minimum absolute atomic E-state index is 0.117. The molecule has 0 aromatic heterocycles. The minimum atomic E-state index is -1.13. The Hall–Kier alpha value is -2.83. The Labute approximate surface area is 145 Å². The highest BCUT2D eigenvalue weighted by Gasteiger charge is 2.21. The molecule has 0 heterocycles. The average molecular weight is 344 g/mol. The highest BCUT2D eigenvalue weighted by Crippen LogP contribution is 2.25. The molecule has 6 nitrogen and oxygen atoms in total. The van der Waals surface area contributed by atoms with Crippen LogP contribution in [0.5, 0.6) is 11.5 Å². The summed E-state index contributed by atoms with van der Waals surface area (Å²) in [4.78, 5) is 10.8. The number of carboxylic acid groups (broad SMARTS) is 1. The number of hydrogen-bond donors (Lipinski definition) is 3. The van der Waals surface area contributed by atoms with Gasteiger partial charge in [-0.05, 0) is 35.9 Å². The maximum absolute atomic E-state index is 10.8. The lowest BCUT2D eigenvalue weighted by molar-refractivity contribution is -0.131. The standard InChI is InChI=1S/C19H20O6/c20-11-12-24-16-8-4-5-14(13-16)19(23)17(9-10-18(21)22)25-15-6-2-1-3-7-15/h1-10,13,17,19-20,23H,11-12H2,(H,21,22)/b10-9+/t17-,19-/m0/s1. The van der Waals surface area contributed by atoms with E-state index in [9.17, 15) is 9.90 Å². The number of carboxylic acids is 1. The normalized spacial score (nSPS) is 13.4. The number of aliphatic hydroxyl groups is 2. The van der Waals surface area contributed by atoms with Gasteiger partial charge in [-0.3, -0.25) is 0 Å². The van der Waals surface area contributed by atoms with Crippen LogP contribution in [0.2, 0.25) is 0 Å². The predicted molar refractivity (Wildman–Crippen MR) is 91.6 cm³/mol. The Morgan fingerprint density at radius 3 is 2.48 bits per heavy atom. The van der Waals surface area contributed by atoms with Crippen molar-refractivity contribution in [1.29, 1.82) is 0 Å². The third-order valence-electron chi connectivity index (χ3n) is 3.31. The van der Waals surface area contributed by atoms with Crippen molar-refractivity contribution < 1.29 is 29.6 Å². The average Bonchev–Trinajstić information content (AvgIpc) is 2.63. The van der Waals surface area contributed by atoms with Crippen LogP contribution in [0.25, 0.3) is 0 Å². The van der Waals surface area contributed by atoms with E-state index in [4.69, 9.17) is 19.7 Å². The van der Waals surface area contributed by atoms with Crippen LogP contribution in [0.3, 0.4) is 0 Å². The smallest absolute Gasteiger partial charge is 0.328 e. The molecule has 0 fully saturated rings. The zero-order chi connectivity index (χ0) is 18.1. The van der Waals surface area contributed by atoms with E-state index in [1.807, 2.05) is 6.07 Å². The van der Waals surface area contributed by atoms with Gasteiger partial charge in [-0.2, -0.15) is 0 Å². The first kappa shape index (κ1) is 18.5. The van der Waals surface area contributed by atoms with E-state index >= 15 is 0 Å². The number of aliphatic carboxylic acids is 1. The van der Waals surface area contributed by atoms with Gasteiger partial charge in [0.1, 0.15) is 30.3 Å². The molecule has 132 valence electrons. The van der Waals surface area contributed by atoms with Crippen molar-refractivity contribution in [2.75, 3.05) is 13.2 Å². The summed E-state index contributed by atoms with van der Waals surface area (Å²) >= 11 is 0. The molecule has 0 saturated heterocycles. The van der Waals surface area contributed by atoms with Gasteiger partial charge in [-0.15, -0.1) is 0 Å². The minimum Gasteiger partial charge on any atom is -0.491 e. The first-order valence-electron chi connectivity index (χ1n) is 7.74. The van der Waals surface area contributed by atoms with Gasteiger partial charge in [0.2, 0.25) is 0 Å². The molecule has 6 heteroatoms. The zero-order valence-electron chi connectivity index (χ0n) is 13.5. The zero-order valence-corrected chi connectivity index (χ0v) is 13.5. The molecular weight excluding hydrogens is 324 g/mol. The molecule has 2 atom stereocenters. The van der Waals surface area contributed by atoms with E-state index in [-0.39, 0.29) is 13.2 Å². The lowest BCUT2D eigenvalue weighted by atomic mass is 10.0. The van der Waals surface area contributed by atoms with Crippen molar-refractivity contribution in [3.8, 4) is 11.5 Å². The molecular formula is C19H20O6. The number of ether oxygens (including phenoxy) is 2. The summed E-state index contributed by atoms with van der Waals surface area (Å²) in [5, 5.41) is 28.3. The molecule has 0 unspecified atom stereocenters. The van der Waals surface area contributed by atoms with Crippen LogP contribution in [0.4, 0.5) is 0 Å². The quantitative estimate of drug-likeness (QED) is 0.604. The molecule has 0 aliphatic heterocycles. The molecule has 0 saturated carbocycles. The molecule has 0 amide bonds. The number of aliphatic hydroxyl groups excluding tert-OH is 2. The van der Waals surface area contributed by atoms with E-state index in [1.165, 1.54) is 6.08 Å². The summed E-state index contributed by atoms with van der Waals surface area (Å²) in [6, 6.07) is 15.5. The highest BCUT2D eigenvalue weighted by molar-refractivity contribution is 5.79. The summed E-state index contributed by atoms with van der Waals surface area (Å²) in [5.74, 6) is -0.130. The van der Waals surface area contributed by atoms with E-state index < -0.39 is 18.2 Å². The lowest BCUT2D eigenvalue weighted by Gasteiger charge is -2.22. The second-order valence-electron chi connectivity index (χ2n) is 5.18. The Bertz CT molecular complexity index is 698. The van der Waals surface area contributed by atoms with Crippen LogP contribution in [-0.2, 0) is 4.79 Å². The van der Waals surface area contributed by atoms with Gasteiger partial charge >= 0.3 is 5.97 Å². The van der Waals surface area contributed by atoms with Crippen molar-refractivity contribution in [1.82, 2.24) is 0 Å². The first-order chi connectivity index (χ1) is 12.1. The van der Waals surface area contributed by atoms with Crippen molar-refractivity contribution in [2.24, 2.45) is 0 Å². The number of carbonyl (C=O) groups is 1. The van der Waals surface area contributed by atoms with Crippen molar-refractivity contribution in [3.63, 3.8) is 0 Å². The lowest BCUT2D eigenvalue weighted by Crippen LogP contribution is -2.23. The summed E-state index contributed by atoms with van der Waals surface area (Å²) in [5.41, 5.74) is 0.506. The number of hydrogen-bond acceptors (Lipinski definition) is 5. The van der Waals surface area contributed by atoms with Crippen LogP contribution in [-0.4, -0.2) is 40.6 Å². The maximum Gasteiger partial charge on any atom is 0.328 e. The van der Waals surface area contributed by atoms with Crippen LogP contribution in [0.1, 0.15) is 11.7 Å². The molecule has 2 aromatic rings. The summed E-state index contributed by atoms with van der Waals surface area (Å²) in [6.07, 6.45) is 0.226. The van der Waals surface area contributed by atoms with Gasteiger partial charge < -0.3 is 24.8 Å². The topological polar surface area (TPSA) is 96.2 Å². The molecule has 0 aliphatic rings. The van der Waals surface area contributed by atoms with Gasteiger partial charge in [-0.25, -0.2) is 4.79 Å². The Balaban J connectivity index is 2.21. The number of rotatable bonds is 9. The van der Waals surface area contributed by atoms with Crippen LogP contribution in [0, 0.1) is 0 Å². The Morgan fingerprint density at radius 1 is 1.08 bits per heavy atom. The molecule has 0 aliphatic carbocycles. The summed E-state index contributed by atoms with van der Waals surface area (Å²) in [6.45, 7) is 0.0241. The van der Waals surface area contributed by atoms with Crippen LogP contribution in [0.15, 0.2) is 66.7 Å². The van der Waals surface area contributed by atoms with Crippen molar-refractivity contribution >= 4 is 5.97 Å². The molecule has 2 aromatic carbocycles. The first-order valence-corrected chi connectivity index (χ1v) is 7.74. The fourth-order valence-electron chi connectivity index (χ4n) is 2.18. The highest BCUT2D eigenvalue weighted by atomic mass is 16.5. The molecule has 2 rings (SSSR count). The van der Waals surface area contributed by atoms with Gasteiger partial charge in [0.25, 0.3) is 0 Å². The predicted octanol–water partition coefficient (Wildman–Crippen LogP) is 2.18. The summed E-state index contributed by atoms with van der Waals surface area (Å²) in [7, 11) is 0. The van der Waals surface area contributed by atoms with Crippen LogP contribution >= 0.6 is 0 Å². The van der Waals surface area contributed by atoms with Crippen molar-refractivity contribution in [2.45, 2.75) is 12.2 Å². The Morgan fingerprint density at radius 2 is 1.80 bits per heavy atom. The second kappa shape index (κ2) is 9.46. The van der Waals surface area contributed by atoms with Crippen LogP contribution < -0.4 is 9.47 Å².